The Morgan fingerprint density at radius 1 is 0.909 bits per heavy atom. The molecule has 1 aliphatic carbocycles. The fraction of sp³-hybridized carbons (Fsp3) is 0.222. The number of aryl methyl sites for hydroxylation is 2. The van der Waals surface area contributed by atoms with Crippen LogP contribution in [0.25, 0.3) is 17.1 Å². The zero-order chi connectivity index (χ0) is 22.8. The summed E-state index contributed by atoms with van der Waals surface area (Å²) in [6.45, 7) is 4.14. The van der Waals surface area contributed by atoms with Gasteiger partial charge in [0.2, 0.25) is 5.91 Å². The number of benzene rings is 3. The van der Waals surface area contributed by atoms with Crippen molar-refractivity contribution in [2.45, 2.75) is 43.1 Å². The van der Waals surface area contributed by atoms with Crippen LogP contribution in [-0.2, 0) is 4.79 Å². The van der Waals surface area contributed by atoms with Crippen molar-refractivity contribution in [1.29, 1.82) is 0 Å². The summed E-state index contributed by atoms with van der Waals surface area (Å²) in [6, 6.07) is 26.8. The largest absolute Gasteiger partial charge is 0.352 e. The lowest BCUT2D eigenvalue weighted by Gasteiger charge is -2.17. The number of nitrogens with one attached hydrogen (secondary N) is 1. The number of aromatic nitrogens is 3. The third-order valence-electron chi connectivity index (χ3n) is 5.72. The molecule has 1 unspecified atom stereocenters. The second kappa shape index (κ2) is 9.24. The second-order valence-corrected chi connectivity index (χ2v) is 9.61. The maximum atomic E-state index is 13.2. The van der Waals surface area contributed by atoms with Crippen molar-refractivity contribution in [3.63, 3.8) is 0 Å². The number of thioether (sulfide) groups is 1. The first-order chi connectivity index (χ1) is 16.1. The Morgan fingerprint density at radius 2 is 1.55 bits per heavy atom. The number of carbonyl (C=O) groups is 1. The Labute approximate surface area is 198 Å². The van der Waals surface area contributed by atoms with E-state index >= 15 is 0 Å². The van der Waals surface area contributed by atoms with E-state index in [2.05, 4.69) is 82.5 Å². The van der Waals surface area contributed by atoms with Gasteiger partial charge in [-0.25, -0.2) is 0 Å². The quantitative estimate of drug-likeness (QED) is 0.366. The van der Waals surface area contributed by atoms with Crippen molar-refractivity contribution in [3.05, 3.63) is 95.6 Å². The molecule has 3 aromatic carbocycles. The SMILES string of the molecule is Cc1ccc(-c2nnc(SC(C(=O)NC3CC3)c3ccccc3)n2-c2ccc(C)cc2)cc1. The maximum Gasteiger partial charge on any atom is 0.238 e. The van der Waals surface area contributed by atoms with Gasteiger partial charge < -0.3 is 5.32 Å². The fourth-order valence-corrected chi connectivity index (χ4v) is 4.74. The lowest BCUT2D eigenvalue weighted by Crippen LogP contribution is -2.29. The van der Waals surface area contributed by atoms with E-state index in [4.69, 9.17) is 0 Å². The van der Waals surface area contributed by atoms with Crippen LogP contribution in [0.3, 0.4) is 0 Å². The Morgan fingerprint density at radius 3 is 2.18 bits per heavy atom. The minimum absolute atomic E-state index is 0.0176. The summed E-state index contributed by atoms with van der Waals surface area (Å²) in [5.74, 6) is 0.778. The van der Waals surface area contributed by atoms with Crippen molar-refractivity contribution in [2.24, 2.45) is 0 Å². The summed E-state index contributed by atoms with van der Waals surface area (Å²) in [4.78, 5) is 13.2. The van der Waals surface area contributed by atoms with Crippen LogP contribution in [0.5, 0.6) is 0 Å². The van der Waals surface area contributed by atoms with Gasteiger partial charge in [-0.15, -0.1) is 10.2 Å². The summed E-state index contributed by atoms with van der Waals surface area (Å²) in [6.07, 6.45) is 2.10. The summed E-state index contributed by atoms with van der Waals surface area (Å²) >= 11 is 1.44. The lowest BCUT2D eigenvalue weighted by atomic mass is 10.1. The zero-order valence-electron chi connectivity index (χ0n) is 18.7. The number of amides is 1. The topological polar surface area (TPSA) is 59.8 Å². The summed E-state index contributed by atoms with van der Waals surface area (Å²) in [5, 5.41) is 12.6. The summed E-state index contributed by atoms with van der Waals surface area (Å²) < 4.78 is 2.05. The average molecular weight is 455 g/mol. The Balaban J connectivity index is 1.57. The molecule has 5 nitrogen and oxygen atoms in total. The minimum atomic E-state index is -0.411. The van der Waals surface area contributed by atoms with Gasteiger partial charge in [0, 0.05) is 17.3 Å². The van der Waals surface area contributed by atoms with Crippen LogP contribution >= 0.6 is 11.8 Å². The van der Waals surface area contributed by atoms with Crippen molar-refractivity contribution in [2.75, 3.05) is 0 Å². The highest BCUT2D eigenvalue weighted by molar-refractivity contribution is 8.00. The summed E-state index contributed by atoms with van der Waals surface area (Å²) in [7, 11) is 0. The maximum absolute atomic E-state index is 13.2. The number of hydrogen-bond acceptors (Lipinski definition) is 4. The first kappa shape index (κ1) is 21.5. The number of nitrogens with zero attached hydrogens (tertiary/aromatic N) is 3. The molecule has 1 atom stereocenters. The lowest BCUT2D eigenvalue weighted by molar-refractivity contribution is -0.120. The van der Waals surface area contributed by atoms with E-state index in [9.17, 15) is 4.79 Å². The first-order valence-corrected chi connectivity index (χ1v) is 12.1. The van der Waals surface area contributed by atoms with E-state index in [-0.39, 0.29) is 5.91 Å². The van der Waals surface area contributed by atoms with Crippen molar-refractivity contribution >= 4 is 17.7 Å². The monoisotopic (exact) mass is 454 g/mol. The Kier molecular flexibility index (Phi) is 6.01. The first-order valence-electron chi connectivity index (χ1n) is 11.2. The van der Waals surface area contributed by atoms with Gasteiger partial charge in [0.15, 0.2) is 11.0 Å². The smallest absolute Gasteiger partial charge is 0.238 e. The molecular weight excluding hydrogens is 428 g/mol. The van der Waals surface area contributed by atoms with Crippen molar-refractivity contribution in [1.82, 2.24) is 20.1 Å². The molecule has 4 aromatic rings. The minimum Gasteiger partial charge on any atom is -0.352 e. The molecule has 1 N–H and O–H groups in total. The average Bonchev–Trinajstić information content (AvgIpc) is 3.55. The van der Waals surface area contributed by atoms with E-state index in [1.807, 2.05) is 30.3 Å². The van der Waals surface area contributed by atoms with E-state index in [0.717, 1.165) is 35.5 Å². The van der Waals surface area contributed by atoms with E-state index in [1.165, 1.54) is 22.9 Å². The van der Waals surface area contributed by atoms with Crippen LogP contribution in [0.2, 0.25) is 0 Å². The fourth-order valence-electron chi connectivity index (χ4n) is 3.67. The van der Waals surface area contributed by atoms with Gasteiger partial charge in [0.1, 0.15) is 5.25 Å². The standard InChI is InChI=1S/C27H26N4OS/c1-18-8-12-21(13-9-18)25-29-30-27(31(25)23-16-10-19(2)11-17-23)33-24(20-6-4-3-5-7-20)26(32)28-22-14-15-22/h3-13,16-17,22,24H,14-15H2,1-2H3,(H,28,32). The van der Waals surface area contributed by atoms with Crippen molar-refractivity contribution < 1.29 is 4.79 Å². The van der Waals surface area contributed by atoms with Gasteiger partial charge in [-0.1, -0.05) is 89.6 Å². The van der Waals surface area contributed by atoms with Gasteiger partial charge >= 0.3 is 0 Å². The molecule has 33 heavy (non-hydrogen) atoms. The molecule has 6 heteroatoms. The molecule has 0 bridgehead atoms. The highest BCUT2D eigenvalue weighted by Gasteiger charge is 2.31. The summed E-state index contributed by atoms with van der Waals surface area (Å²) in [5.41, 5.74) is 5.29. The van der Waals surface area contributed by atoms with E-state index in [0.29, 0.717) is 11.2 Å². The van der Waals surface area contributed by atoms with Crippen LogP contribution < -0.4 is 5.32 Å². The van der Waals surface area contributed by atoms with Crippen LogP contribution in [0, 0.1) is 13.8 Å². The molecule has 1 aromatic heterocycles. The highest BCUT2D eigenvalue weighted by atomic mass is 32.2. The third-order valence-corrected chi connectivity index (χ3v) is 6.92. The molecular formula is C27H26N4OS. The highest BCUT2D eigenvalue weighted by Crippen LogP contribution is 2.38. The molecule has 5 rings (SSSR count). The van der Waals surface area contributed by atoms with Gasteiger partial charge in [-0.2, -0.15) is 0 Å². The predicted molar refractivity (Wildman–Crippen MR) is 132 cm³/mol. The third kappa shape index (κ3) is 4.86. The predicted octanol–water partition coefficient (Wildman–Crippen LogP) is 5.66. The van der Waals surface area contributed by atoms with Crippen molar-refractivity contribution in [3.8, 4) is 17.1 Å². The van der Waals surface area contributed by atoms with E-state index < -0.39 is 5.25 Å². The zero-order valence-corrected chi connectivity index (χ0v) is 19.5. The molecule has 1 aliphatic rings. The van der Waals surface area contributed by atoms with E-state index in [1.54, 1.807) is 0 Å². The number of carbonyl (C=O) groups excluding carboxylic acids is 1. The molecule has 1 saturated carbocycles. The van der Waals surface area contributed by atoms with Crippen LogP contribution in [0.15, 0.2) is 84.0 Å². The molecule has 1 amide bonds. The Hall–Kier alpha value is -3.38. The molecule has 0 aliphatic heterocycles. The molecule has 0 radical (unpaired) electrons. The van der Waals surface area contributed by atoms with Crippen LogP contribution in [0.4, 0.5) is 0 Å². The number of hydrogen-bond donors (Lipinski definition) is 1. The van der Waals surface area contributed by atoms with Crippen LogP contribution in [-0.4, -0.2) is 26.7 Å². The van der Waals surface area contributed by atoms with Gasteiger partial charge in [0.25, 0.3) is 0 Å². The molecule has 1 heterocycles. The van der Waals surface area contributed by atoms with Crippen LogP contribution in [0.1, 0.15) is 34.8 Å². The van der Waals surface area contributed by atoms with Gasteiger partial charge in [0.05, 0.1) is 0 Å². The molecule has 0 spiro atoms. The van der Waals surface area contributed by atoms with Gasteiger partial charge in [-0.05, 0) is 44.4 Å². The normalized spacial score (nSPS) is 14.1. The Bertz CT molecular complexity index is 1250. The molecule has 166 valence electrons. The second-order valence-electron chi connectivity index (χ2n) is 8.53. The molecule has 0 saturated heterocycles. The van der Waals surface area contributed by atoms with Gasteiger partial charge in [-0.3, -0.25) is 9.36 Å². The molecule has 1 fully saturated rings. The number of rotatable bonds is 7.